The SMILES string of the molecule is CC1(C(=O)C(Cc2ccccc2)NC(=O)[C@H](Cc2cscn2)NC(=O)[C@H](CCc2ccccc2)NC(=O)c2cc(CN3CCOCC3)on2)CO1. The topological polar surface area (TPSA) is 168 Å². The van der Waals surface area contributed by atoms with E-state index in [1.54, 1.807) is 23.9 Å². The minimum Gasteiger partial charge on any atom is -0.379 e. The van der Waals surface area contributed by atoms with Crippen molar-refractivity contribution in [1.82, 2.24) is 31.0 Å². The van der Waals surface area contributed by atoms with E-state index in [-0.39, 0.29) is 37.3 Å². The number of aromatic nitrogens is 2. The summed E-state index contributed by atoms with van der Waals surface area (Å²) in [5.74, 6) is -1.40. The van der Waals surface area contributed by atoms with Gasteiger partial charge in [0.25, 0.3) is 5.91 Å². The average molecular weight is 715 g/mol. The van der Waals surface area contributed by atoms with E-state index >= 15 is 0 Å². The van der Waals surface area contributed by atoms with Crippen LogP contribution in [0.1, 0.15) is 46.4 Å². The number of ketones is 1. The molecule has 268 valence electrons. The first-order chi connectivity index (χ1) is 24.8. The largest absolute Gasteiger partial charge is 0.379 e. The van der Waals surface area contributed by atoms with E-state index in [0.29, 0.717) is 37.6 Å². The summed E-state index contributed by atoms with van der Waals surface area (Å²) in [6.45, 7) is 5.19. The minimum absolute atomic E-state index is 0.0468. The van der Waals surface area contributed by atoms with Crippen molar-refractivity contribution >= 4 is 34.8 Å². The van der Waals surface area contributed by atoms with Crippen molar-refractivity contribution in [3.63, 3.8) is 0 Å². The Kier molecular flexibility index (Phi) is 12.0. The number of ether oxygens (including phenoxy) is 2. The number of Topliss-reactive ketones (excluding diaryl/α,β-unsaturated/α-hetero) is 1. The number of amides is 3. The van der Waals surface area contributed by atoms with Crippen LogP contribution in [0.15, 0.2) is 82.1 Å². The van der Waals surface area contributed by atoms with Gasteiger partial charge in [-0.15, -0.1) is 11.3 Å². The molecule has 3 N–H and O–H groups in total. The quantitative estimate of drug-likeness (QED) is 0.138. The molecule has 51 heavy (non-hydrogen) atoms. The van der Waals surface area contributed by atoms with Crippen LogP contribution in [0.4, 0.5) is 0 Å². The number of nitrogens with zero attached hydrogens (tertiary/aromatic N) is 3. The molecule has 2 aromatic heterocycles. The van der Waals surface area contributed by atoms with Crippen molar-refractivity contribution in [2.75, 3.05) is 32.9 Å². The molecule has 4 heterocycles. The summed E-state index contributed by atoms with van der Waals surface area (Å²) in [7, 11) is 0. The summed E-state index contributed by atoms with van der Waals surface area (Å²) in [6, 6.07) is 17.5. The molecule has 2 aliphatic rings. The summed E-state index contributed by atoms with van der Waals surface area (Å²) < 4.78 is 16.3. The summed E-state index contributed by atoms with van der Waals surface area (Å²) in [6.07, 6.45) is 1.06. The smallest absolute Gasteiger partial charge is 0.274 e. The van der Waals surface area contributed by atoms with Gasteiger partial charge in [0.1, 0.15) is 17.7 Å². The Labute approximate surface area is 300 Å². The normalized spacial score (nSPS) is 19.0. The molecular formula is C37H42N6O7S. The van der Waals surface area contributed by atoms with E-state index in [2.05, 4.69) is 31.0 Å². The summed E-state index contributed by atoms with van der Waals surface area (Å²) in [5, 5.41) is 14.4. The van der Waals surface area contributed by atoms with Gasteiger partial charge in [0.2, 0.25) is 11.8 Å². The highest BCUT2D eigenvalue weighted by Gasteiger charge is 2.50. The molecule has 3 amide bonds. The molecule has 13 nitrogen and oxygen atoms in total. The number of carbonyl (C=O) groups excluding carboxylic acids is 4. The van der Waals surface area contributed by atoms with Crippen LogP contribution >= 0.6 is 11.3 Å². The predicted molar refractivity (Wildman–Crippen MR) is 188 cm³/mol. The molecule has 2 aliphatic heterocycles. The van der Waals surface area contributed by atoms with Gasteiger partial charge in [-0.1, -0.05) is 65.8 Å². The fourth-order valence-corrected chi connectivity index (χ4v) is 6.48. The maximum Gasteiger partial charge on any atom is 0.274 e. The van der Waals surface area contributed by atoms with E-state index in [9.17, 15) is 19.2 Å². The van der Waals surface area contributed by atoms with Gasteiger partial charge < -0.3 is 29.9 Å². The van der Waals surface area contributed by atoms with E-state index in [0.717, 1.165) is 24.2 Å². The lowest BCUT2D eigenvalue weighted by Gasteiger charge is -2.26. The molecule has 0 bridgehead atoms. The van der Waals surface area contributed by atoms with E-state index < -0.39 is 41.4 Å². The molecular weight excluding hydrogens is 673 g/mol. The van der Waals surface area contributed by atoms with Crippen LogP contribution in [0.2, 0.25) is 0 Å². The Morgan fingerprint density at radius 3 is 2.22 bits per heavy atom. The molecule has 0 radical (unpaired) electrons. The van der Waals surface area contributed by atoms with Crippen LogP contribution in [0.5, 0.6) is 0 Å². The third-order valence-corrected chi connectivity index (χ3v) is 9.64. The highest BCUT2D eigenvalue weighted by molar-refractivity contribution is 7.07. The lowest BCUT2D eigenvalue weighted by molar-refractivity contribution is -0.133. The number of morpholine rings is 1. The van der Waals surface area contributed by atoms with Crippen LogP contribution in [0.25, 0.3) is 0 Å². The lowest BCUT2D eigenvalue weighted by atomic mass is 9.94. The number of rotatable bonds is 17. The molecule has 6 rings (SSSR count). The van der Waals surface area contributed by atoms with Crippen LogP contribution in [-0.2, 0) is 49.7 Å². The number of hydrogen-bond acceptors (Lipinski definition) is 11. The van der Waals surface area contributed by atoms with Gasteiger partial charge in [-0.3, -0.25) is 24.1 Å². The van der Waals surface area contributed by atoms with Crippen molar-refractivity contribution in [1.29, 1.82) is 0 Å². The Balaban J connectivity index is 1.18. The molecule has 14 heteroatoms. The van der Waals surface area contributed by atoms with Gasteiger partial charge in [-0.25, -0.2) is 4.98 Å². The fraction of sp³-hybridized carbons (Fsp3) is 0.405. The van der Waals surface area contributed by atoms with E-state index in [4.69, 9.17) is 14.0 Å². The summed E-state index contributed by atoms with van der Waals surface area (Å²) >= 11 is 1.37. The van der Waals surface area contributed by atoms with Crippen LogP contribution in [0.3, 0.4) is 0 Å². The second-order valence-electron chi connectivity index (χ2n) is 13.0. The Bertz CT molecular complexity index is 1760. The molecule has 2 aromatic carbocycles. The second-order valence-corrected chi connectivity index (χ2v) is 13.7. The van der Waals surface area contributed by atoms with Crippen molar-refractivity contribution in [3.05, 3.63) is 106 Å². The maximum absolute atomic E-state index is 14.0. The van der Waals surface area contributed by atoms with E-state index in [1.807, 2.05) is 60.7 Å². The first kappa shape index (κ1) is 36.0. The molecule has 4 aromatic rings. The van der Waals surface area contributed by atoms with Crippen LogP contribution in [0, 0.1) is 0 Å². The first-order valence-corrected chi connectivity index (χ1v) is 18.0. The van der Waals surface area contributed by atoms with Crippen LogP contribution < -0.4 is 16.0 Å². The standard InChI is InChI=1S/C37H42N6O7S/c1-37(23-49-37)33(44)30(18-26-10-6-3-7-11-26)40-35(46)31(19-27-22-51-24-38-27)41-34(45)29(13-12-25-8-4-2-5-9-25)39-36(47)32-20-28(50-42-32)21-43-14-16-48-17-15-43/h2-11,20,22,24,29-31H,12-19,21,23H2,1H3,(H,39,47)(H,40,46)(H,41,45)/t29-,30?,31-,37?/m0/s1. The maximum atomic E-state index is 14.0. The highest BCUT2D eigenvalue weighted by Crippen LogP contribution is 2.29. The fourth-order valence-electron chi connectivity index (χ4n) is 5.91. The zero-order chi connectivity index (χ0) is 35.6. The zero-order valence-corrected chi connectivity index (χ0v) is 29.2. The third kappa shape index (κ3) is 10.2. The monoisotopic (exact) mass is 714 g/mol. The summed E-state index contributed by atoms with van der Waals surface area (Å²) in [4.78, 5) is 61.5. The molecule has 2 saturated heterocycles. The van der Waals surface area contributed by atoms with Crippen molar-refractivity contribution in [2.45, 2.75) is 62.9 Å². The van der Waals surface area contributed by atoms with Gasteiger partial charge in [0.15, 0.2) is 17.2 Å². The lowest BCUT2D eigenvalue weighted by Crippen LogP contribution is -2.57. The number of thiazole rings is 1. The Morgan fingerprint density at radius 1 is 0.882 bits per heavy atom. The minimum atomic E-state index is -1.10. The number of benzene rings is 2. The predicted octanol–water partition coefficient (Wildman–Crippen LogP) is 2.51. The first-order valence-electron chi connectivity index (χ1n) is 17.1. The van der Waals surface area contributed by atoms with Gasteiger partial charge in [-0.05, 0) is 37.3 Å². The molecule has 0 saturated carbocycles. The zero-order valence-electron chi connectivity index (χ0n) is 28.4. The van der Waals surface area contributed by atoms with Crippen molar-refractivity contribution in [2.24, 2.45) is 0 Å². The number of carbonyl (C=O) groups is 4. The number of aryl methyl sites for hydroxylation is 1. The average Bonchev–Trinajstić information content (AvgIpc) is 3.47. The molecule has 2 fully saturated rings. The van der Waals surface area contributed by atoms with Gasteiger partial charge in [0.05, 0.1) is 43.6 Å². The second kappa shape index (κ2) is 17.0. The molecule has 0 aliphatic carbocycles. The van der Waals surface area contributed by atoms with Crippen molar-refractivity contribution in [3.8, 4) is 0 Å². The van der Waals surface area contributed by atoms with Gasteiger partial charge >= 0.3 is 0 Å². The van der Waals surface area contributed by atoms with Crippen molar-refractivity contribution < 1.29 is 33.2 Å². The van der Waals surface area contributed by atoms with Crippen LogP contribution in [-0.4, -0.2) is 95.2 Å². The van der Waals surface area contributed by atoms with Gasteiger partial charge in [-0.2, -0.15) is 0 Å². The Hall–Kier alpha value is -4.76. The number of hydrogen-bond donors (Lipinski definition) is 3. The Morgan fingerprint density at radius 2 is 1.55 bits per heavy atom. The number of epoxide rings is 1. The number of nitrogens with one attached hydrogen (secondary N) is 3. The highest BCUT2D eigenvalue weighted by atomic mass is 32.1. The van der Waals surface area contributed by atoms with Gasteiger partial charge in [0, 0.05) is 31.0 Å². The summed E-state index contributed by atoms with van der Waals surface area (Å²) in [5.41, 5.74) is 3.16. The third-order valence-electron chi connectivity index (χ3n) is 9.00. The molecule has 4 atom stereocenters. The molecule has 0 spiro atoms. The molecule has 2 unspecified atom stereocenters. The van der Waals surface area contributed by atoms with E-state index in [1.165, 1.54) is 11.3 Å².